The van der Waals surface area contributed by atoms with Gasteiger partial charge in [0.1, 0.15) is 5.82 Å². The fourth-order valence-electron chi connectivity index (χ4n) is 5.74. The summed E-state index contributed by atoms with van der Waals surface area (Å²) in [5, 5.41) is 5.94. The minimum Gasteiger partial charge on any atom is -0.348 e. The van der Waals surface area contributed by atoms with Crippen LogP contribution in [-0.2, 0) is 23.3 Å². The maximum Gasteiger partial charge on any atom is 0.253 e. The van der Waals surface area contributed by atoms with E-state index in [1.54, 1.807) is 19.1 Å². The van der Waals surface area contributed by atoms with Gasteiger partial charge in [0.25, 0.3) is 11.5 Å². The maximum atomic E-state index is 15.2. The number of hydrogen-bond donors (Lipinski definition) is 3. The normalized spacial score (nSPS) is 16.4. The number of pyridine rings is 1. The molecule has 2 aliphatic rings. The Morgan fingerprint density at radius 2 is 1.81 bits per heavy atom. The number of nitrogens with one attached hydrogen (secondary N) is 3. The van der Waals surface area contributed by atoms with Gasteiger partial charge in [-0.05, 0) is 67.1 Å². The smallest absolute Gasteiger partial charge is 0.253 e. The second kappa shape index (κ2) is 9.37. The number of aromatic amines is 1. The molecule has 3 aromatic rings. The third kappa shape index (κ3) is 4.45. The van der Waals surface area contributed by atoms with Gasteiger partial charge < -0.3 is 15.6 Å². The van der Waals surface area contributed by atoms with Gasteiger partial charge in [0, 0.05) is 28.9 Å². The molecule has 2 heterocycles. The lowest BCUT2D eigenvalue weighted by molar-refractivity contribution is -0.123. The Labute approximate surface area is 209 Å². The Balaban J connectivity index is 1.37. The first-order valence-electron chi connectivity index (χ1n) is 12.5. The summed E-state index contributed by atoms with van der Waals surface area (Å²) >= 11 is 0. The molecular formula is C29H30FN3O3. The maximum absolute atomic E-state index is 15.2. The van der Waals surface area contributed by atoms with Crippen LogP contribution in [0.2, 0.25) is 0 Å². The predicted octanol–water partition coefficient (Wildman–Crippen LogP) is 4.56. The molecule has 1 aliphatic heterocycles. The van der Waals surface area contributed by atoms with E-state index in [9.17, 15) is 14.4 Å². The molecule has 36 heavy (non-hydrogen) atoms. The monoisotopic (exact) mass is 487 g/mol. The molecule has 0 unspecified atom stereocenters. The summed E-state index contributed by atoms with van der Waals surface area (Å²) in [7, 11) is 0. The van der Waals surface area contributed by atoms with Gasteiger partial charge in [-0.1, -0.05) is 43.5 Å². The Kier molecular flexibility index (Phi) is 6.24. The van der Waals surface area contributed by atoms with Crippen molar-refractivity contribution in [1.82, 2.24) is 15.6 Å². The standard InChI is InChI=1S/C29H30FN3O3/c1-17-12-18(2)32-28(36)23(17)16-31-27(35)20-6-8-22(25(30)14-20)19-7-9-24-21(13-19)15-26(34)33-29(24)10-4-3-5-11-29/h6-9,12-14H,3-5,10-11,15-16H2,1-2H3,(H,31,35)(H,32,36)(H,33,34). The third-order valence-corrected chi connectivity index (χ3v) is 7.52. The van der Waals surface area contributed by atoms with Crippen LogP contribution in [-0.4, -0.2) is 16.8 Å². The van der Waals surface area contributed by atoms with E-state index in [1.807, 2.05) is 31.2 Å². The average molecular weight is 488 g/mol. The van der Waals surface area contributed by atoms with Gasteiger partial charge in [0.15, 0.2) is 0 Å². The highest BCUT2D eigenvalue weighted by atomic mass is 19.1. The van der Waals surface area contributed by atoms with Crippen LogP contribution in [0.15, 0.2) is 47.3 Å². The molecule has 186 valence electrons. The molecule has 6 nitrogen and oxygen atoms in total. The second-order valence-electron chi connectivity index (χ2n) is 10.1. The highest BCUT2D eigenvalue weighted by Gasteiger charge is 2.40. The molecule has 2 aromatic carbocycles. The van der Waals surface area contributed by atoms with E-state index in [2.05, 4.69) is 15.6 Å². The van der Waals surface area contributed by atoms with Crippen molar-refractivity contribution in [3.05, 3.63) is 92.1 Å². The third-order valence-electron chi connectivity index (χ3n) is 7.52. The van der Waals surface area contributed by atoms with Crippen LogP contribution >= 0.6 is 0 Å². The van der Waals surface area contributed by atoms with Crippen molar-refractivity contribution in [1.29, 1.82) is 0 Å². The number of halogens is 1. The molecule has 0 saturated heterocycles. The summed E-state index contributed by atoms with van der Waals surface area (Å²) < 4.78 is 15.2. The first-order valence-corrected chi connectivity index (χ1v) is 12.5. The lowest BCUT2D eigenvalue weighted by atomic mass is 9.72. The fourth-order valence-corrected chi connectivity index (χ4v) is 5.74. The first-order chi connectivity index (χ1) is 17.3. The number of carbonyl (C=O) groups excluding carboxylic acids is 2. The number of rotatable bonds is 4. The van der Waals surface area contributed by atoms with E-state index in [1.165, 1.54) is 12.5 Å². The molecule has 1 saturated carbocycles. The Hall–Kier alpha value is -3.74. The number of amides is 2. The minimum atomic E-state index is -0.514. The minimum absolute atomic E-state index is 0.0108. The summed E-state index contributed by atoms with van der Waals surface area (Å²) in [4.78, 5) is 40.1. The van der Waals surface area contributed by atoms with Gasteiger partial charge in [-0.25, -0.2) is 4.39 Å². The van der Waals surface area contributed by atoms with Crippen LogP contribution in [0, 0.1) is 19.7 Å². The Morgan fingerprint density at radius 3 is 2.53 bits per heavy atom. The molecule has 2 amide bonds. The van der Waals surface area contributed by atoms with Gasteiger partial charge in [-0.2, -0.15) is 0 Å². The Morgan fingerprint density at radius 1 is 1.03 bits per heavy atom. The molecule has 1 aliphatic carbocycles. The molecule has 0 radical (unpaired) electrons. The van der Waals surface area contributed by atoms with Crippen LogP contribution < -0.4 is 16.2 Å². The van der Waals surface area contributed by atoms with Crippen LogP contribution in [0.4, 0.5) is 4.39 Å². The predicted molar refractivity (Wildman–Crippen MR) is 136 cm³/mol. The van der Waals surface area contributed by atoms with Crippen LogP contribution in [0.3, 0.4) is 0 Å². The van der Waals surface area contributed by atoms with Crippen molar-refractivity contribution in [2.75, 3.05) is 0 Å². The summed E-state index contributed by atoms with van der Waals surface area (Å²) in [6, 6.07) is 12.1. The van der Waals surface area contributed by atoms with Gasteiger partial charge in [-0.15, -0.1) is 0 Å². The topological polar surface area (TPSA) is 91.1 Å². The molecule has 1 fully saturated rings. The number of aryl methyl sites for hydroxylation is 2. The number of carbonyl (C=O) groups is 2. The second-order valence-corrected chi connectivity index (χ2v) is 10.1. The zero-order valence-corrected chi connectivity index (χ0v) is 20.6. The van der Waals surface area contributed by atoms with E-state index in [4.69, 9.17) is 0 Å². The number of aromatic nitrogens is 1. The van der Waals surface area contributed by atoms with E-state index in [0.29, 0.717) is 16.7 Å². The lowest BCUT2D eigenvalue weighted by Gasteiger charge is -2.42. The van der Waals surface area contributed by atoms with E-state index < -0.39 is 11.7 Å². The van der Waals surface area contributed by atoms with E-state index in [-0.39, 0.29) is 35.5 Å². The lowest BCUT2D eigenvalue weighted by Crippen LogP contribution is -2.51. The molecule has 3 N–H and O–H groups in total. The number of hydrogen-bond acceptors (Lipinski definition) is 3. The van der Waals surface area contributed by atoms with Crippen molar-refractivity contribution in [3.8, 4) is 11.1 Å². The van der Waals surface area contributed by atoms with E-state index in [0.717, 1.165) is 48.1 Å². The van der Waals surface area contributed by atoms with Crippen molar-refractivity contribution in [2.24, 2.45) is 0 Å². The summed E-state index contributed by atoms with van der Waals surface area (Å²) in [5.41, 5.74) is 4.78. The van der Waals surface area contributed by atoms with Crippen molar-refractivity contribution >= 4 is 11.8 Å². The van der Waals surface area contributed by atoms with Crippen molar-refractivity contribution < 1.29 is 14.0 Å². The largest absolute Gasteiger partial charge is 0.348 e. The van der Waals surface area contributed by atoms with Crippen molar-refractivity contribution in [3.63, 3.8) is 0 Å². The zero-order valence-electron chi connectivity index (χ0n) is 20.6. The van der Waals surface area contributed by atoms with Gasteiger partial charge in [-0.3, -0.25) is 14.4 Å². The molecule has 5 rings (SSSR count). The summed E-state index contributed by atoms with van der Waals surface area (Å²) in [6.45, 7) is 3.67. The van der Waals surface area contributed by atoms with Crippen LogP contribution in [0.25, 0.3) is 11.1 Å². The number of benzene rings is 2. The molecule has 0 atom stereocenters. The SMILES string of the molecule is Cc1cc(C)c(CNC(=O)c2ccc(-c3ccc4c(c3)CC(=O)NC43CCCCC3)c(F)c2)c(=O)[nH]1. The average Bonchev–Trinajstić information content (AvgIpc) is 2.83. The zero-order chi connectivity index (χ0) is 25.4. The summed E-state index contributed by atoms with van der Waals surface area (Å²) in [6.07, 6.45) is 5.48. The quantitative estimate of drug-likeness (QED) is 0.504. The van der Waals surface area contributed by atoms with Gasteiger partial charge >= 0.3 is 0 Å². The fraction of sp³-hybridized carbons (Fsp3) is 0.345. The molecule has 1 spiro atoms. The van der Waals surface area contributed by atoms with Crippen LogP contribution in [0.1, 0.15) is 70.4 Å². The highest BCUT2D eigenvalue weighted by Crippen LogP contribution is 2.42. The first kappa shape index (κ1) is 24.0. The summed E-state index contributed by atoms with van der Waals surface area (Å²) in [5.74, 6) is -0.961. The molecule has 0 bridgehead atoms. The molecular weight excluding hydrogens is 457 g/mol. The molecule has 1 aromatic heterocycles. The number of H-pyrrole nitrogens is 1. The van der Waals surface area contributed by atoms with Crippen molar-refractivity contribution in [2.45, 2.75) is 64.5 Å². The Bertz CT molecular complexity index is 1420. The highest BCUT2D eigenvalue weighted by molar-refractivity contribution is 5.94. The molecule has 7 heteroatoms. The van der Waals surface area contributed by atoms with E-state index >= 15 is 4.39 Å². The van der Waals surface area contributed by atoms with Gasteiger partial charge in [0.05, 0.1) is 12.0 Å². The number of fused-ring (bicyclic) bond motifs is 2. The van der Waals surface area contributed by atoms with Gasteiger partial charge in [0.2, 0.25) is 5.91 Å². The van der Waals surface area contributed by atoms with Crippen LogP contribution in [0.5, 0.6) is 0 Å².